The van der Waals surface area contributed by atoms with E-state index in [4.69, 9.17) is 0 Å². The van der Waals surface area contributed by atoms with Crippen LogP contribution >= 0.6 is 0 Å². The second kappa shape index (κ2) is 5.71. The molecule has 0 heterocycles. The monoisotopic (exact) mass is 234 g/mol. The van der Waals surface area contributed by atoms with Crippen molar-refractivity contribution in [3.63, 3.8) is 0 Å². The van der Waals surface area contributed by atoms with Crippen molar-refractivity contribution in [1.29, 1.82) is 0 Å². The van der Waals surface area contributed by atoms with Gasteiger partial charge in [0, 0.05) is 20.6 Å². The summed E-state index contributed by atoms with van der Waals surface area (Å²) in [7, 11) is 3.47. The van der Waals surface area contributed by atoms with Crippen molar-refractivity contribution in [1.82, 2.24) is 10.2 Å². The Hall–Kier alpha value is -1.51. The van der Waals surface area contributed by atoms with Gasteiger partial charge in [-0.1, -0.05) is 12.1 Å². The minimum atomic E-state index is -0.0357. The first-order valence-electron chi connectivity index (χ1n) is 5.95. The highest BCUT2D eigenvalue weighted by Gasteiger charge is 2.07. The number of carbonyl (C=O) groups excluding carboxylic acids is 1. The van der Waals surface area contributed by atoms with Gasteiger partial charge in [-0.3, -0.25) is 0 Å². The van der Waals surface area contributed by atoms with E-state index in [9.17, 15) is 4.79 Å². The third kappa shape index (κ3) is 3.48. The average Bonchev–Trinajstić information content (AvgIpc) is 2.30. The molecule has 3 heteroatoms. The number of nitrogens with zero attached hydrogens (tertiary/aromatic N) is 1. The average molecular weight is 234 g/mol. The van der Waals surface area contributed by atoms with Crippen molar-refractivity contribution in [3.8, 4) is 0 Å². The summed E-state index contributed by atoms with van der Waals surface area (Å²) in [6, 6.07) is 4.40. The van der Waals surface area contributed by atoms with E-state index in [0.717, 1.165) is 13.0 Å². The number of hydrogen-bond donors (Lipinski definition) is 1. The molecule has 0 unspecified atom stereocenters. The minimum absolute atomic E-state index is 0.0357. The van der Waals surface area contributed by atoms with Crippen molar-refractivity contribution in [2.45, 2.75) is 27.2 Å². The fourth-order valence-corrected chi connectivity index (χ4v) is 1.87. The number of aryl methyl sites for hydroxylation is 3. The molecule has 0 atom stereocenters. The largest absolute Gasteiger partial charge is 0.341 e. The zero-order valence-electron chi connectivity index (χ0n) is 11.4. The molecule has 0 aromatic heterocycles. The van der Waals surface area contributed by atoms with Gasteiger partial charge in [-0.05, 0) is 49.4 Å². The Morgan fingerprint density at radius 2 is 1.76 bits per heavy atom. The second-order valence-corrected chi connectivity index (χ2v) is 4.59. The summed E-state index contributed by atoms with van der Waals surface area (Å²) in [4.78, 5) is 13.1. The van der Waals surface area contributed by atoms with Gasteiger partial charge in [0.25, 0.3) is 0 Å². The van der Waals surface area contributed by atoms with Gasteiger partial charge in [0.2, 0.25) is 0 Å². The van der Waals surface area contributed by atoms with Crippen molar-refractivity contribution in [2.24, 2.45) is 0 Å². The van der Waals surface area contributed by atoms with Gasteiger partial charge >= 0.3 is 6.03 Å². The molecule has 0 aliphatic carbocycles. The molecule has 0 aliphatic rings. The number of amides is 2. The molecule has 0 radical (unpaired) electrons. The molecule has 0 saturated heterocycles. The molecule has 17 heavy (non-hydrogen) atoms. The third-order valence-corrected chi connectivity index (χ3v) is 3.23. The van der Waals surface area contributed by atoms with E-state index in [0.29, 0.717) is 0 Å². The highest BCUT2D eigenvalue weighted by atomic mass is 16.2. The van der Waals surface area contributed by atoms with Crippen LogP contribution < -0.4 is 5.32 Å². The van der Waals surface area contributed by atoms with Crippen LogP contribution in [0.3, 0.4) is 0 Å². The Labute approximate surface area is 104 Å². The van der Waals surface area contributed by atoms with E-state index in [2.05, 4.69) is 38.2 Å². The second-order valence-electron chi connectivity index (χ2n) is 4.59. The fourth-order valence-electron chi connectivity index (χ4n) is 1.87. The summed E-state index contributed by atoms with van der Waals surface area (Å²) in [6.45, 7) is 7.12. The number of rotatable bonds is 3. The summed E-state index contributed by atoms with van der Waals surface area (Å²) in [5, 5.41) is 2.62. The summed E-state index contributed by atoms with van der Waals surface area (Å²) in [5.41, 5.74) is 5.27. The van der Waals surface area contributed by atoms with Crippen molar-refractivity contribution in [2.75, 3.05) is 20.6 Å². The van der Waals surface area contributed by atoms with Crippen molar-refractivity contribution >= 4 is 6.03 Å². The van der Waals surface area contributed by atoms with E-state index in [1.165, 1.54) is 22.3 Å². The van der Waals surface area contributed by atoms with Crippen LogP contribution in [-0.2, 0) is 6.42 Å². The number of likely N-dealkylation sites (N-methyl/N-ethyl adjacent to an activating group) is 1. The lowest BCUT2D eigenvalue weighted by Crippen LogP contribution is -2.36. The maximum absolute atomic E-state index is 11.4. The van der Waals surface area contributed by atoms with Crippen LogP contribution in [-0.4, -0.2) is 31.6 Å². The predicted octanol–water partition coefficient (Wildman–Crippen LogP) is 2.43. The smallest absolute Gasteiger partial charge is 0.316 e. The highest BCUT2D eigenvalue weighted by Crippen LogP contribution is 2.15. The molecular formula is C14H22N2O. The van der Waals surface area contributed by atoms with E-state index >= 15 is 0 Å². The topological polar surface area (TPSA) is 32.3 Å². The Bertz CT molecular complexity index is 413. The standard InChI is InChI=1S/C14H22N2O/c1-10-8-12(3)13(9-11(10)2)6-7-16(5)14(17)15-4/h8-9H,6-7H2,1-5H3,(H,15,17). The third-order valence-electron chi connectivity index (χ3n) is 3.23. The summed E-state index contributed by atoms with van der Waals surface area (Å²) < 4.78 is 0. The first-order chi connectivity index (χ1) is 7.95. The van der Waals surface area contributed by atoms with E-state index in [1.54, 1.807) is 11.9 Å². The van der Waals surface area contributed by atoms with Gasteiger partial charge in [0.15, 0.2) is 0 Å². The van der Waals surface area contributed by atoms with Crippen LogP contribution in [0.4, 0.5) is 4.79 Å². The normalized spacial score (nSPS) is 10.2. The maximum Gasteiger partial charge on any atom is 0.316 e. The molecule has 1 rings (SSSR count). The molecule has 2 amide bonds. The van der Waals surface area contributed by atoms with Gasteiger partial charge in [0.05, 0.1) is 0 Å². The van der Waals surface area contributed by atoms with Crippen LogP contribution in [0.15, 0.2) is 12.1 Å². The lowest BCUT2D eigenvalue weighted by molar-refractivity contribution is 0.211. The van der Waals surface area contributed by atoms with Gasteiger partial charge in [-0.25, -0.2) is 4.79 Å². The molecular weight excluding hydrogens is 212 g/mol. The molecule has 0 aliphatic heterocycles. The Balaban J connectivity index is 2.70. The first kappa shape index (κ1) is 13.6. The summed E-state index contributed by atoms with van der Waals surface area (Å²) in [5.74, 6) is 0. The van der Waals surface area contributed by atoms with E-state index < -0.39 is 0 Å². The van der Waals surface area contributed by atoms with Gasteiger partial charge < -0.3 is 10.2 Å². The molecule has 94 valence electrons. The van der Waals surface area contributed by atoms with E-state index in [-0.39, 0.29) is 6.03 Å². The Morgan fingerprint density at radius 1 is 1.18 bits per heavy atom. The van der Waals surface area contributed by atoms with Crippen LogP contribution in [0, 0.1) is 20.8 Å². The SMILES string of the molecule is CNC(=O)N(C)CCc1cc(C)c(C)cc1C. The van der Waals surface area contributed by atoms with Crippen LogP contribution in [0.1, 0.15) is 22.3 Å². The lowest BCUT2D eigenvalue weighted by Gasteiger charge is -2.17. The summed E-state index contributed by atoms with van der Waals surface area (Å²) in [6.07, 6.45) is 0.900. The van der Waals surface area contributed by atoms with Gasteiger partial charge in [-0.15, -0.1) is 0 Å². The number of hydrogen-bond acceptors (Lipinski definition) is 1. The quantitative estimate of drug-likeness (QED) is 0.856. The zero-order valence-corrected chi connectivity index (χ0v) is 11.4. The van der Waals surface area contributed by atoms with Gasteiger partial charge in [-0.2, -0.15) is 0 Å². The Kier molecular flexibility index (Phi) is 4.55. The molecule has 1 aromatic carbocycles. The Morgan fingerprint density at radius 3 is 2.35 bits per heavy atom. The summed E-state index contributed by atoms with van der Waals surface area (Å²) >= 11 is 0. The first-order valence-corrected chi connectivity index (χ1v) is 5.95. The van der Waals surface area contributed by atoms with Crippen LogP contribution in [0.2, 0.25) is 0 Å². The molecule has 0 fully saturated rings. The van der Waals surface area contributed by atoms with Crippen LogP contribution in [0.25, 0.3) is 0 Å². The van der Waals surface area contributed by atoms with Gasteiger partial charge in [0.1, 0.15) is 0 Å². The van der Waals surface area contributed by atoms with Crippen LogP contribution in [0.5, 0.6) is 0 Å². The molecule has 1 N–H and O–H groups in total. The predicted molar refractivity (Wildman–Crippen MR) is 71.4 cm³/mol. The fraction of sp³-hybridized carbons (Fsp3) is 0.500. The zero-order chi connectivity index (χ0) is 13.0. The molecule has 0 bridgehead atoms. The molecule has 3 nitrogen and oxygen atoms in total. The van der Waals surface area contributed by atoms with E-state index in [1.807, 2.05) is 7.05 Å². The molecule has 1 aromatic rings. The minimum Gasteiger partial charge on any atom is -0.341 e. The lowest BCUT2D eigenvalue weighted by atomic mass is 9.99. The number of benzene rings is 1. The van der Waals surface area contributed by atoms with Crippen molar-refractivity contribution < 1.29 is 4.79 Å². The molecule has 0 spiro atoms. The number of urea groups is 1. The highest BCUT2D eigenvalue weighted by molar-refractivity contribution is 5.73. The number of nitrogens with one attached hydrogen (secondary N) is 1. The molecule has 0 saturated carbocycles. The number of carbonyl (C=O) groups is 1. The maximum atomic E-state index is 11.4. The van der Waals surface area contributed by atoms with Crippen molar-refractivity contribution in [3.05, 3.63) is 34.4 Å².